The summed E-state index contributed by atoms with van der Waals surface area (Å²) in [6, 6.07) is 18.8. The van der Waals surface area contributed by atoms with E-state index in [1.165, 1.54) is 43.6 Å². The minimum absolute atomic E-state index is 0.0418. The molecular weight excluding hydrogens is 571 g/mol. The molecule has 1 aromatic heterocycles. The molecule has 4 heterocycles. The Morgan fingerprint density at radius 1 is 0.951 bits per heavy atom. The first-order valence-electron chi connectivity index (χ1n) is 15.2. The van der Waals surface area contributed by atoms with E-state index in [-0.39, 0.29) is 5.60 Å². The van der Waals surface area contributed by atoms with Crippen molar-refractivity contribution >= 4 is 34.5 Å². The van der Waals surface area contributed by atoms with Crippen LogP contribution >= 0.6 is 34.5 Å². The van der Waals surface area contributed by atoms with E-state index in [9.17, 15) is 0 Å². The highest BCUT2D eigenvalue weighted by molar-refractivity contribution is 7.08. The van der Waals surface area contributed by atoms with Gasteiger partial charge in [-0.1, -0.05) is 59.6 Å². The molecule has 0 aliphatic carbocycles. The highest BCUT2D eigenvalue weighted by atomic mass is 35.5. The van der Waals surface area contributed by atoms with Gasteiger partial charge in [0.2, 0.25) is 0 Å². The van der Waals surface area contributed by atoms with E-state index in [4.69, 9.17) is 32.7 Å². The van der Waals surface area contributed by atoms with Gasteiger partial charge in [0.1, 0.15) is 0 Å². The molecule has 0 amide bonds. The summed E-state index contributed by atoms with van der Waals surface area (Å²) >= 11 is 14.5. The van der Waals surface area contributed by atoms with E-state index >= 15 is 0 Å². The van der Waals surface area contributed by atoms with Gasteiger partial charge in [0, 0.05) is 55.4 Å². The molecule has 6 rings (SSSR count). The molecule has 3 fully saturated rings. The quantitative estimate of drug-likeness (QED) is 0.231. The van der Waals surface area contributed by atoms with Gasteiger partial charge in [-0.05, 0) is 103 Å². The second-order valence-corrected chi connectivity index (χ2v) is 14.0. The standard InChI is InChI=1S/C34H42Cl2N2O2S/c35-31-7-6-28(33(36)18-31)20-38-22-30(32(23-38)29-10-17-41-25-29)21-37-13-8-26(9-14-37)19-34(11-15-39-16-12-34)40-24-27-4-2-1-3-5-27/h1-7,10,17-18,25-26,30,32H,8-9,11-16,19-24H2. The number of benzene rings is 2. The third-order valence-corrected chi connectivity index (χ3v) is 10.8. The van der Waals surface area contributed by atoms with Crippen LogP contribution in [0.15, 0.2) is 65.4 Å². The predicted octanol–water partition coefficient (Wildman–Crippen LogP) is 8.14. The van der Waals surface area contributed by atoms with E-state index < -0.39 is 0 Å². The van der Waals surface area contributed by atoms with Crippen molar-refractivity contribution in [1.29, 1.82) is 0 Å². The maximum Gasteiger partial charge on any atom is 0.0733 e. The van der Waals surface area contributed by atoms with Gasteiger partial charge in [-0.3, -0.25) is 4.90 Å². The molecule has 3 aliphatic heterocycles. The first kappa shape index (κ1) is 29.6. The summed E-state index contributed by atoms with van der Waals surface area (Å²) in [6.45, 7) is 8.94. The number of nitrogens with zero attached hydrogens (tertiary/aromatic N) is 2. The van der Waals surface area contributed by atoms with Gasteiger partial charge in [-0.25, -0.2) is 0 Å². The van der Waals surface area contributed by atoms with Crippen LogP contribution in [0.3, 0.4) is 0 Å². The zero-order chi connectivity index (χ0) is 28.1. The minimum Gasteiger partial charge on any atom is -0.381 e. The van der Waals surface area contributed by atoms with E-state index in [0.29, 0.717) is 23.5 Å². The minimum atomic E-state index is -0.0418. The summed E-state index contributed by atoms with van der Waals surface area (Å²) in [4.78, 5) is 5.33. The molecule has 0 spiro atoms. The van der Waals surface area contributed by atoms with Crippen LogP contribution in [-0.4, -0.2) is 61.3 Å². The molecule has 2 unspecified atom stereocenters. The first-order chi connectivity index (χ1) is 20.1. The second kappa shape index (κ2) is 13.9. The van der Waals surface area contributed by atoms with Crippen LogP contribution in [-0.2, 0) is 22.6 Å². The summed E-state index contributed by atoms with van der Waals surface area (Å²) in [6.07, 6.45) is 5.71. The molecule has 7 heteroatoms. The fourth-order valence-electron chi connectivity index (χ4n) is 7.22. The molecule has 41 heavy (non-hydrogen) atoms. The van der Waals surface area contributed by atoms with Gasteiger partial charge in [-0.2, -0.15) is 11.3 Å². The highest BCUT2D eigenvalue weighted by Gasteiger charge is 2.39. The molecule has 4 nitrogen and oxygen atoms in total. The van der Waals surface area contributed by atoms with Gasteiger partial charge >= 0.3 is 0 Å². The predicted molar refractivity (Wildman–Crippen MR) is 170 cm³/mol. The summed E-state index contributed by atoms with van der Waals surface area (Å²) < 4.78 is 12.5. The second-order valence-electron chi connectivity index (χ2n) is 12.4. The van der Waals surface area contributed by atoms with Crippen LogP contribution in [0.1, 0.15) is 54.7 Å². The van der Waals surface area contributed by atoms with Crippen LogP contribution in [0, 0.1) is 11.8 Å². The zero-order valence-electron chi connectivity index (χ0n) is 23.9. The Bertz CT molecular complexity index is 1230. The number of hydrogen-bond acceptors (Lipinski definition) is 5. The van der Waals surface area contributed by atoms with Crippen molar-refractivity contribution in [2.24, 2.45) is 11.8 Å². The number of ether oxygens (including phenoxy) is 2. The van der Waals surface area contributed by atoms with Crippen molar-refractivity contribution < 1.29 is 9.47 Å². The molecule has 0 bridgehead atoms. The van der Waals surface area contributed by atoms with Crippen molar-refractivity contribution in [3.8, 4) is 0 Å². The van der Waals surface area contributed by atoms with Crippen molar-refractivity contribution in [2.45, 2.75) is 56.8 Å². The van der Waals surface area contributed by atoms with Gasteiger partial charge < -0.3 is 14.4 Å². The Hall–Kier alpha value is -1.44. The third kappa shape index (κ3) is 7.75. The Kier molecular flexibility index (Phi) is 10.0. The molecule has 2 atom stereocenters. The Morgan fingerprint density at radius 3 is 2.49 bits per heavy atom. The SMILES string of the molecule is Clc1ccc(CN2CC(CN3CCC(CC4(OCc5ccccc5)CCOCC4)CC3)C(c3ccsc3)C2)c(Cl)c1. The number of thiophene rings is 1. The Balaban J connectivity index is 1.04. The molecular formula is C34H42Cl2N2O2S. The highest BCUT2D eigenvalue weighted by Crippen LogP contribution is 2.39. The number of hydrogen-bond donors (Lipinski definition) is 0. The fraction of sp³-hybridized carbons (Fsp3) is 0.529. The average molecular weight is 614 g/mol. The van der Waals surface area contributed by atoms with Crippen LogP contribution in [0.5, 0.6) is 0 Å². The number of halogens is 2. The molecule has 2 aromatic carbocycles. The maximum absolute atomic E-state index is 6.71. The summed E-state index contributed by atoms with van der Waals surface area (Å²) in [5.74, 6) is 1.92. The van der Waals surface area contributed by atoms with Gasteiger partial charge in [0.05, 0.1) is 12.2 Å². The zero-order valence-corrected chi connectivity index (χ0v) is 26.2. The molecule has 3 saturated heterocycles. The molecule has 220 valence electrons. The van der Waals surface area contributed by atoms with Crippen molar-refractivity contribution in [3.05, 3.63) is 92.1 Å². The van der Waals surface area contributed by atoms with Crippen LogP contribution in [0.4, 0.5) is 0 Å². The molecule has 3 aromatic rings. The van der Waals surface area contributed by atoms with E-state index in [2.05, 4.69) is 63.0 Å². The summed E-state index contributed by atoms with van der Waals surface area (Å²) in [5, 5.41) is 6.04. The van der Waals surface area contributed by atoms with E-state index in [1.807, 2.05) is 23.5 Å². The van der Waals surface area contributed by atoms with Crippen molar-refractivity contribution in [3.63, 3.8) is 0 Å². The van der Waals surface area contributed by atoms with Crippen LogP contribution < -0.4 is 0 Å². The summed E-state index contributed by atoms with van der Waals surface area (Å²) in [7, 11) is 0. The Morgan fingerprint density at radius 2 is 1.76 bits per heavy atom. The topological polar surface area (TPSA) is 24.9 Å². The monoisotopic (exact) mass is 612 g/mol. The first-order valence-corrected chi connectivity index (χ1v) is 16.9. The van der Waals surface area contributed by atoms with Gasteiger partial charge in [0.15, 0.2) is 0 Å². The normalized spacial score (nSPS) is 24.1. The molecule has 0 saturated carbocycles. The number of piperidine rings is 1. The van der Waals surface area contributed by atoms with Crippen LogP contribution in [0.2, 0.25) is 10.0 Å². The number of rotatable bonds is 10. The Labute approximate surface area is 259 Å². The van der Waals surface area contributed by atoms with Crippen molar-refractivity contribution in [1.82, 2.24) is 9.80 Å². The molecule has 0 radical (unpaired) electrons. The lowest BCUT2D eigenvalue weighted by atomic mass is 9.80. The smallest absolute Gasteiger partial charge is 0.0733 e. The van der Waals surface area contributed by atoms with Crippen molar-refractivity contribution in [2.75, 3.05) is 45.9 Å². The summed E-state index contributed by atoms with van der Waals surface area (Å²) in [5.41, 5.74) is 3.88. The average Bonchev–Trinajstić information content (AvgIpc) is 3.66. The largest absolute Gasteiger partial charge is 0.381 e. The van der Waals surface area contributed by atoms with E-state index in [1.54, 1.807) is 0 Å². The molecule has 3 aliphatic rings. The fourth-order valence-corrected chi connectivity index (χ4v) is 8.41. The lowest BCUT2D eigenvalue weighted by Crippen LogP contribution is -2.44. The van der Waals surface area contributed by atoms with E-state index in [0.717, 1.165) is 68.6 Å². The van der Waals surface area contributed by atoms with Gasteiger partial charge in [-0.15, -0.1) is 0 Å². The lowest BCUT2D eigenvalue weighted by Gasteiger charge is -2.42. The third-order valence-electron chi connectivity index (χ3n) is 9.55. The molecule has 0 N–H and O–H groups in total. The van der Waals surface area contributed by atoms with Crippen LogP contribution in [0.25, 0.3) is 0 Å². The van der Waals surface area contributed by atoms with Gasteiger partial charge in [0.25, 0.3) is 0 Å². The maximum atomic E-state index is 6.71. The number of likely N-dealkylation sites (tertiary alicyclic amines) is 2. The lowest BCUT2D eigenvalue weighted by molar-refractivity contribution is -0.132.